The summed E-state index contributed by atoms with van der Waals surface area (Å²) in [5.74, 6) is -0.0485. The van der Waals surface area contributed by atoms with E-state index < -0.39 is 12.1 Å². The van der Waals surface area contributed by atoms with Gasteiger partial charge in [0.2, 0.25) is 5.91 Å². The molecule has 90 heavy (non-hydrogen) atoms. The standard InChI is InChI=1S/C84H161NO5/c1-3-5-7-9-11-13-15-17-19-20-21-22-36-39-42-45-49-52-56-60-64-68-72-76-82(87)81(80-86)85-83(88)77-73-69-65-61-57-53-50-46-43-40-37-34-32-30-28-26-24-23-25-27-29-31-33-35-38-41-44-47-51-55-59-63-67-71-75-79-90-84(89)78-74-70-66-62-58-54-48-18-16-14-12-10-8-6-4-2/h12,14,18,48,72,76,81-82,86-87H,3-11,13,15-17,19-47,49-71,73-75,77-80H2,1-2H3,(H,85,88)/b14-12-,48-18-,76-72+. The Balaban J connectivity index is 3.34. The molecule has 0 rings (SSSR count). The Morgan fingerprint density at radius 2 is 0.556 bits per heavy atom. The molecule has 0 aliphatic carbocycles. The van der Waals surface area contributed by atoms with Crippen molar-refractivity contribution >= 4 is 11.9 Å². The lowest BCUT2D eigenvalue weighted by Gasteiger charge is -2.20. The minimum Gasteiger partial charge on any atom is -0.466 e. The van der Waals surface area contributed by atoms with Crippen LogP contribution in [0.3, 0.4) is 0 Å². The van der Waals surface area contributed by atoms with E-state index in [1.54, 1.807) is 6.08 Å². The summed E-state index contributed by atoms with van der Waals surface area (Å²) in [5, 5.41) is 23.3. The summed E-state index contributed by atoms with van der Waals surface area (Å²) in [5.41, 5.74) is 0. The molecule has 0 fully saturated rings. The van der Waals surface area contributed by atoms with E-state index in [1.165, 1.54) is 385 Å². The first-order valence-corrected chi connectivity index (χ1v) is 41.3. The molecule has 0 aromatic carbocycles. The number of allylic oxidation sites excluding steroid dienone is 5. The highest BCUT2D eigenvalue weighted by Gasteiger charge is 2.18. The molecule has 2 atom stereocenters. The van der Waals surface area contributed by atoms with Crippen molar-refractivity contribution in [2.24, 2.45) is 0 Å². The highest BCUT2D eigenvalue weighted by molar-refractivity contribution is 5.76. The molecule has 0 radical (unpaired) electrons. The van der Waals surface area contributed by atoms with E-state index in [1.807, 2.05) is 6.08 Å². The topological polar surface area (TPSA) is 95.9 Å². The first-order valence-electron chi connectivity index (χ1n) is 41.3. The smallest absolute Gasteiger partial charge is 0.305 e. The zero-order valence-corrected chi connectivity index (χ0v) is 61.1. The fourth-order valence-corrected chi connectivity index (χ4v) is 13.1. The third kappa shape index (κ3) is 75.1. The first-order chi connectivity index (χ1) is 44.5. The van der Waals surface area contributed by atoms with E-state index >= 15 is 0 Å². The van der Waals surface area contributed by atoms with Crippen LogP contribution in [0, 0.1) is 0 Å². The minimum absolute atomic E-state index is 0.00904. The normalized spacial score (nSPS) is 12.6. The zero-order chi connectivity index (χ0) is 64.9. The number of esters is 1. The minimum atomic E-state index is -0.842. The molecule has 532 valence electrons. The van der Waals surface area contributed by atoms with E-state index in [4.69, 9.17) is 4.74 Å². The number of amides is 1. The van der Waals surface area contributed by atoms with Crippen LogP contribution in [0.2, 0.25) is 0 Å². The molecule has 0 aromatic heterocycles. The quantitative estimate of drug-likeness (QED) is 0.0320. The van der Waals surface area contributed by atoms with Crippen molar-refractivity contribution in [1.29, 1.82) is 0 Å². The molecular weight excluding hydrogens is 1100 g/mol. The molecule has 0 saturated carbocycles. The number of carbonyl (C=O) groups excluding carboxylic acids is 2. The van der Waals surface area contributed by atoms with Gasteiger partial charge in [-0.3, -0.25) is 9.59 Å². The summed E-state index contributed by atoms with van der Waals surface area (Å²) >= 11 is 0. The number of carbonyl (C=O) groups is 2. The fraction of sp³-hybridized carbons (Fsp3) is 0.905. The highest BCUT2D eigenvalue weighted by Crippen LogP contribution is 2.20. The number of rotatable bonds is 78. The molecule has 6 nitrogen and oxygen atoms in total. The molecule has 1 amide bonds. The molecule has 0 aromatic rings. The Kier molecular flexibility index (Phi) is 77.8. The second kappa shape index (κ2) is 79.5. The van der Waals surface area contributed by atoms with Gasteiger partial charge in [0.1, 0.15) is 0 Å². The monoisotopic (exact) mass is 1260 g/mol. The van der Waals surface area contributed by atoms with Crippen molar-refractivity contribution in [3.63, 3.8) is 0 Å². The van der Waals surface area contributed by atoms with Crippen molar-refractivity contribution < 1.29 is 24.5 Å². The predicted octanol–water partition coefficient (Wildman–Crippen LogP) is 27.4. The van der Waals surface area contributed by atoms with Gasteiger partial charge in [-0.15, -0.1) is 0 Å². The van der Waals surface area contributed by atoms with Crippen LogP contribution in [-0.2, 0) is 14.3 Å². The lowest BCUT2D eigenvalue weighted by molar-refractivity contribution is -0.143. The Labute approximate surface area is 564 Å². The average Bonchev–Trinajstić information content (AvgIpc) is 3.68. The van der Waals surface area contributed by atoms with Crippen molar-refractivity contribution in [3.05, 3.63) is 36.5 Å². The van der Waals surface area contributed by atoms with Gasteiger partial charge in [0.25, 0.3) is 0 Å². The van der Waals surface area contributed by atoms with E-state index in [2.05, 4.69) is 43.5 Å². The molecule has 0 heterocycles. The lowest BCUT2D eigenvalue weighted by atomic mass is 10.0. The highest BCUT2D eigenvalue weighted by atomic mass is 16.5. The van der Waals surface area contributed by atoms with Gasteiger partial charge < -0.3 is 20.3 Å². The Bertz CT molecular complexity index is 1460. The molecule has 0 aliphatic heterocycles. The number of aliphatic hydroxyl groups excluding tert-OH is 2. The van der Waals surface area contributed by atoms with Crippen LogP contribution in [0.1, 0.15) is 463 Å². The van der Waals surface area contributed by atoms with Crippen LogP contribution in [0.25, 0.3) is 0 Å². The number of hydrogen-bond donors (Lipinski definition) is 3. The van der Waals surface area contributed by atoms with Gasteiger partial charge in [0.05, 0.1) is 25.4 Å². The van der Waals surface area contributed by atoms with Crippen LogP contribution in [0.4, 0.5) is 0 Å². The largest absolute Gasteiger partial charge is 0.466 e. The third-order valence-corrected chi connectivity index (χ3v) is 19.4. The summed E-state index contributed by atoms with van der Waals surface area (Å²) in [6, 6.07) is -0.625. The van der Waals surface area contributed by atoms with E-state index in [0.29, 0.717) is 19.4 Å². The zero-order valence-electron chi connectivity index (χ0n) is 61.1. The summed E-state index contributed by atoms with van der Waals surface area (Å²) in [7, 11) is 0. The first kappa shape index (κ1) is 88.1. The fourth-order valence-electron chi connectivity index (χ4n) is 13.1. The Morgan fingerprint density at radius 3 is 0.867 bits per heavy atom. The Morgan fingerprint density at radius 1 is 0.311 bits per heavy atom. The molecule has 0 saturated heterocycles. The Hall–Kier alpha value is -1.92. The van der Waals surface area contributed by atoms with Gasteiger partial charge in [-0.2, -0.15) is 0 Å². The van der Waals surface area contributed by atoms with Crippen LogP contribution in [0.15, 0.2) is 36.5 Å². The van der Waals surface area contributed by atoms with E-state index in [0.717, 1.165) is 51.4 Å². The second-order valence-corrected chi connectivity index (χ2v) is 28.5. The van der Waals surface area contributed by atoms with Gasteiger partial charge in [-0.05, 0) is 64.2 Å². The number of aliphatic hydroxyl groups is 2. The molecule has 0 aliphatic rings. The molecular formula is C84H161NO5. The van der Waals surface area contributed by atoms with Crippen LogP contribution >= 0.6 is 0 Å². The summed E-state index contributed by atoms with van der Waals surface area (Å²) in [6.07, 6.45) is 104. The maximum absolute atomic E-state index is 12.6. The summed E-state index contributed by atoms with van der Waals surface area (Å²) < 4.78 is 5.50. The molecule has 3 N–H and O–H groups in total. The van der Waals surface area contributed by atoms with Crippen molar-refractivity contribution in [2.75, 3.05) is 13.2 Å². The van der Waals surface area contributed by atoms with Crippen LogP contribution in [-0.4, -0.2) is 47.4 Å². The van der Waals surface area contributed by atoms with Gasteiger partial charge in [-0.25, -0.2) is 0 Å². The molecule has 2 unspecified atom stereocenters. The number of unbranched alkanes of at least 4 members (excludes halogenated alkanes) is 63. The number of nitrogens with one attached hydrogen (secondary N) is 1. The number of hydrogen-bond acceptors (Lipinski definition) is 5. The average molecular weight is 1270 g/mol. The van der Waals surface area contributed by atoms with Gasteiger partial charge in [0, 0.05) is 12.8 Å². The van der Waals surface area contributed by atoms with Crippen molar-refractivity contribution in [1.82, 2.24) is 5.32 Å². The second-order valence-electron chi connectivity index (χ2n) is 28.5. The SMILES string of the molecule is CCCCC/C=C\C/C=C\CCCCCCCC(=O)OCCCCCCCCCCCCCCCCCCCCCCCCCCCCCCCCCCCCCC(=O)NC(CO)C(O)/C=C/CCCCCCCCCCCCCCCCCCCCCCC. The third-order valence-electron chi connectivity index (χ3n) is 19.4. The maximum atomic E-state index is 12.6. The van der Waals surface area contributed by atoms with E-state index in [-0.39, 0.29) is 18.5 Å². The van der Waals surface area contributed by atoms with Crippen LogP contribution in [0.5, 0.6) is 0 Å². The summed E-state index contributed by atoms with van der Waals surface area (Å²) in [6.45, 7) is 4.92. The summed E-state index contributed by atoms with van der Waals surface area (Å²) in [4.78, 5) is 24.6. The van der Waals surface area contributed by atoms with Crippen LogP contribution < -0.4 is 5.32 Å². The van der Waals surface area contributed by atoms with Gasteiger partial charge in [0.15, 0.2) is 0 Å². The van der Waals surface area contributed by atoms with Gasteiger partial charge in [-0.1, -0.05) is 423 Å². The van der Waals surface area contributed by atoms with Crippen molar-refractivity contribution in [3.8, 4) is 0 Å². The molecule has 0 bridgehead atoms. The maximum Gasteiger partial charge on any atom is 0.305 e. The van der Waals surface area contributed by atoms with Gasteiger partial charge >= 0.3 is 5.97 Å². The lowest BCUT2D eigenvalue weighted by Crippen LogP contribution is -2.45. The number of ether oxygens (including phenoxy) is 1. The molecule has 0 spiro atoms. The molecule has 6 heteroatoms. The van der Waals surface area contributed by atoms with Crippen molar-refractivity contribution in [2.45, 2.75) is 475 Å². The van der Waals surface area contributed by atoms with E-state index in [9.17, 15) is 19.8 Å². The predicted molar refractivity (Wildman–Crippen MR) is 398 cm³/mol.